The molecule has 0 aliphatic carbocycles. The third-order valence-electron chi connectivity index (χ3n) is 3.38. The maximum Gasteiger partial charge on any atom is 0.338 e. The van der Waals surface area contributed by atoms with Gasteiger partial charge in [-0.15, -0.1) is 0 Å². The predicted octanol–water partition coefficient (Wildman–Crippen LogP) is 2.00. The molecule has 0 atom stereocenters. The number of rotatable bonds is 6. The van der Waals surface area contributed by atoms with E-state index in [-0.39, 0.29) is 17.7 Å². The van der Waals surface area contributed by atoms with E-state index in [1.165, 1.54) is 12.4 Å². The van der Waals surface area contributed by atoms with Crippen LogP contribution < -0.4 is 10.1 Å². The van der Waals surface area contributed by atoms with Crippen LogP contribution in [-0.2, 0) is 11.3 Å². The summed E-state index contributed by atoms with van der Waals surface area (Å²) in [6.07, 6.45) is 3.37. The summed E-state index contributed by atoms with van der Waals surface area (Å²) in [4.78, 5) is 31.2. The van der Waals surface area contributed by atoms with Crippen molar-refractivity contribution < 1.29 is 19.1 Å². The van der Waals surface area contributed by atoms with Crippen molar-refractivity contribution in [1.29, 1.82) is 0 Å². The quantitative estimate of drug-likeness (QED) is 0.635. The van der Waals surface area contributed by atoms with Crippen LogP contribution in [0.25, 0.3) is 0 Å². The Bertz CT molecular complexity index is 782. The van der Waals surface area contributed by atoms with Gasteiger partial charge in [0.2, 0.25) is 5.88 Å². The summed E-state index contributed by atoms with van der Waals surface area (Å²) in [5.74, 6) is -0.226. The van der Waals surface area contributed by atoms with Gasteiger partial charge in [-0.1, -0.05) is 11.6 Å². The van der Waals surface area contributed by atoms with E-state index < -0.39 is 5.97 Å². The molecule has 0 fully saturated rings. The van der Waals surface area contributed by atoms with Crippen LogP contribution in [0.2, 0.25) is 5.15 Å². The van der Waals surface area contributed by atoms with Crippen molar-refractivity contribution in [3.05, 3.63) is 52.4 Å². The molecule has 0 bridgehead atoms. The molecule has 1 amide bonds. The molecule has 0 unspecified atom stereocenters. The number of benzene rings is 1. The van der Waals surface area contributed by atoms with E-state index in [1.54, 1.807) is 18.2 Å². The number of nitrogens with zero attached hydrogens (tertiary/aromatic N) is 2. The molecular formula is C16H14ClN3O4. The van der Waals surface area contributed by atoms with Crippen molar-refractivity contribution in [1.82, 2.24) is 15.3 Å². The summed E-state index contributed by atoms with van der Waals surface area (Å²) < 4.78 is 10.5. The van der Waals surface area contributed by atoms with E-state index in [0.717, 1.165) is 5.56 Å². The van der Waals surface area contributed by atoms with E-state index in [1.807, 2.05) is 0 Å². The molecule has 24 heavy (non-hydrogen) atoms. The average molecular weight is 348 g/mol. The van der Waals surface area contributed by atoms with E-state index in [4.69, 9.17) is 21.1 Å². The fourth-order valence-electron chi connectivity index (χ4n) is 2.24. The SMILES string of the molecule is O=C(OCCCOc1cncc(Cl)n1)c1ccc2c(c1)CNC2=O. The largest absolute Gasteiger partial charge is 0.476 e. The second kappa shape index (κ2) is 7.27. The van der Waals surface area contributed by atoms with E-state index in [2.05, 4.69) is 15.3 Å². The number of esters is 1. The summed E-state index contributed by atoms with van der Waals surface area (Å²) in [5.41, 5.74) is 1.83. The smallest absolute Gasteiger partial charge is 0.338 e. The summed E-state index contributed by atoms with van der Waals surface area (Å²) in [6.45, 7) is 0.968. The second-order valence-corrected chi connectivity index (χ2v) is 5.46. The summed E-state index contributed by atoms with van der Waals surface area (Å²) >= 11 is 5.70. The molecule has 2 heterocycles. The Labute approximate surface area is 143 Å². The summed E-state index contributed by atoms with van der Waals surface area (Å²) in [5, 5.41) is 2.96. The molecule has 2 aromatic rings. The molecule has 3 rings (SSSR count). The lowest BCUT2D eigenvalue weighted by Crippen LogP contribution is -2.12. The van der Waals surface area contributed by atoms with Gasteiger partial charge in [-0.05, 0) is 23.8 Å². The minimum Gasteiger partial charge on any atom is -0.476 e. The first-order chi connectivity index (χ1) is 11.6. The molecule has 124 valence electrons. The Morgan fingerprint density at radius 3 is 3.00 bits per heavy atom. The molecule has 1 aliphatic rings. The van der Waals surface area contributed by atoms with Crippen LogP contribution in [0.4, 0.5) is 0 Å². The Morgan fingerprint density at radius 1 is 1.29 bits per heavy atom. The van der Waals surface area contributed by atoms with Crippen LogP contribution in [0, 0.1) is 0 Å². The van der Waals surface area contributed by atoms with E-state index in [9.17, 15) is 9.59 Å². The fourth-order valence-corrected chi connectivity index (χ4v) is 2.38. The van der Waals surface area contributed by atoms with Gasteiger partial charge in [0.05, 0.1) is 31.2 Å². The molecule has 0 radical (unpaired) electrons. The number of carbonyl (C=O) groups excluding carboxylic acids is 2. The molecule has 0 saturated heterocycles. The Hall–Kier alpha value is -2.67. The Morgan fingerprint density at radius 2 is 2.17 bits per heavy atom. The first-order valence-electron chi connectivity index (χ1n) is 7.32. The number of aromatic nitrogens is 2. The highest BCUT2D eigenvalue weighted by Crippen LogP contribution is 2.17. The number of amides is 1. The minimum atomic E-state index is -0.431. The number of fused-ring (bicyclic) bond motifs is 1. The molecule has 0 spiro atoms. The van der Waals surface area contributed by atoms with Crippen LogP contribution >= 0.6 is 11.6 Å². The van der Waals surface area contributed by atoms with Crippen LogP contribution in [0.5, 0.6) is 5.88 Å². The van der Waals surface area contributed by atoms with Gasteiger partial charge < -0.3 is 14.8 Å². The number of ether oxygens (including phenoxy) is 2. The van der Waals surface area contributed by atoms with Crippen LogP contribution in [-0.4, -0.2) is 35.1 Å². The topological polar surface area (TPSA) is 90.4 Å². The lowest BCUT2D eigenvalue weighted by atomic mass is 10.1. The predicted molar refractivity (Wildman–Crippen MR) is 85.0 cm³/mol. The van der Waals surface area contributed by atoms with Crippen molar-refractivity contribution >= 4 is 23.5 Å². The van der Waals surface area contributed by atoms with Crippen LogP contribution in [0.3, 0.4) is 0 Å². The van der Waals surface area contributed by atoms with Gasteiger partial charge >= 0.3 is 5.97 Å². The van der Waals surface area contributed by atoms with Gasteiger partial charge in [-0.2, -0.15) is 4.98 Å². The monoisotopic (exact) mass is 347 g/mol. The molecule has 1 aromatic carbocycles. The summed E-state index contributed by atoms with van der Waals surface area (Å²) in [7, 11) is 0. The first kappa shape index (κ1) is 16.2. The fraction of sp³-hybridized carbons (Fsp3) is 0.250. The molecule has 8 heteroatoms. The summed E-state index contributed by atoms with van der Waals surface area (Å²) in [6, 6.07) is 4.90. The first-order valence-corrected chi connectivity index (χ1v) is 7.70. The van der Waals surface area contributed by atoms with E-state index in [0.29, 0.717) is 36.6 Å². The Kier molecular flexibility index (Phi) is 4.90. The third-order valence-corrected chi connectivity index (χ3v) is 3.56. The average Bonchev–Trinajstić information content (AvgIpc) is 2.95. The number of hydrogen-bond donors (Lipinski definition) is 1. The highest BCUT2D eigenvalue weighted by molar-refractivity contribution is 6.29. The molecule has 7 nitrogen and oxygen atoms in total. The highest BCUT2D eigenvalue weighted by atomic mass is 35.5. The zero-order valence-electron chi connectivity index (χ0n) is 12.6. The number of nitrogens with one attached hydrogen (secondary N) is 1. The van der Waals surface area contributed by atoms with Crippen LogP contribution in [0.1, 0.15) is 32.7 Å². The Balaban J connectivity index is 1.44. The number of hydrogen-bond acceptors (Lipinski definition) is 6. The van der Waals surface area contributed by atoms with Gasteiger partial charge in [0, 0.05) is 18.5 Å². The molecule has 1 aromatic heterocycles. The molecule has 0 saturated carbocycles. The number of carbonyl (C=O) groups is 2. The van der Waals surface area contributed by atoms with Crippen molar-refractivity contribution in [3.8, 4) is 5.88 Å². The van der Waals surface area contributed by atoms with Gasteiger partial charge in [-0.3, -0.25) is 9.78 Å². The minimum absolute atomic E-state index is 0.119. The highest BCUT2D eigenvalue weighted by Gasteiger charge is 2.20. The van der Waals surface area contributed by atoms with Gasteiger partial charge in [0.1, 0.15) is 0 Å². The molecular weight excluding hydrogens is 334 g/mol. The molecule has 1 aliphatic heterocycles. The zero-order chi connectivity index (χ0) is 16.9. The maximum absolute atomic E-state index is 12.0. The lowest BCUT2D eigenvalue weighted by molar-refractivity contribution is 0.0485. The standard InChI is InChI=1S/C16H14ClN3O4/c17-13-8-18-9-14(20-13)23-4-1-5-24-16(22)10-2-3-12-11(6-10)7-19-15(12)21/h2-3,6,8-9H,1,4-5,7H2,(H,19,21). The van der Waals surface area contributed by atoms with Crippen molar-refractivity contribution in [2.45, 2.75) is 13.0 Å². The van der Waals surface area contributed by atoms with Crippen LogP contribution in [0.15, 0.2) is 30.6 Å². The van der Waals surface area contributed by atoms with Crippen molar-refractivity contribution in [3.63, 3.8) is 0 Å². The second-order valence-electron chi connectivity index (χ2n) is 5.07. The normalized spacial score (nSPS) is 12.5. The van der Waals surface area contributed by atoms with Gasteiger partial charge in [-0.25, -0.2) is 4.79 Å². The van der Waals surface area contributed by atoms with Crippen molar-refractivity contribution in [2.24, 2.45) is 0 Å². The third kappa shape index (κ3) is 3.80. The molecule has 1 N–H and O–H groups in total. The maximum atomic E-state index is 12.0. The van der Waals surface area contributed by atoms with E-state index >= 15 is 0 Å². The zero-order valence-corrected chi connectivity index (χ0v) is 13.4. The van der Waals surface area contributed by atoms with Crippen molar-refractivity contribution in [2.75, 3.05) is 13.2 Å². The van der Waals surface area contributed by atoms with Gasteiger partial charge in [0.15, 0.2) is 5.15 Å². The lowest BCUT2D eigenvalue weighted by Gasteiger charge is -2.07. The van der Waals surface area contributed by atoms with Gasteiger partial charge in [0.25, 0.3) is 5.91 Å². The number of halogens is 1.